The van der Waals surface area contributed by atoms with Crippen LogP contribution in [0.5, 0.6) is 0 Å². The molecule has 1 unspecified atom stereocenters. The van der Waals surface area contributed by atoms with Gasteiger partial charge in [0.15, 0.2) is 5.16 Å². The van der Waals surface area contributed by atoms with Crippen LogP contribution >= 0.6 is 34.4 Å². The van der Waals surface area contributed by atoms with E-state index in [4.69, 9.17) is 0 Å². The highest BCUT2D eigenvalue weighted by Crippen LogP contribution is 2.36. The minimum atomic E-state index is -4.54. The molecule has 0 saturated heterocycles. The summed E-state index contributed by atoms with van der Waals surface area (Å²) in [4.78, 5) is 28.9. The van der Waals surface area contributed by atoms with E-state index in [0.717, 1.165) is 34.5 Å². The Morgan fingerprint density at radius 1 is 1.21 bits per heavy atom. The van der Waals surface area contributed by atoms with E-state index in [9.17, 15) is 18.0 Å². The number of H-pyrrole nitrogens is 1. The molecular formula is C17H11F3N4OS3. The zero-order valence-electron chi connectivity index (χ0n) is 14.1. The lowest BCUT2D eigenvalue weighted by atomic mass is 10.2. The molecule has 4 aromatic rings. The molecule has 0 bridgehead atoms. The first-order valence-electron chi connectivity index (χ1n) is 7.95. The molecule has 0 fully saturated rings. The number of aromatic nitrogens is 4. The van der Waals surface area contributed by atoms with Gasteiger partial charge in [0.05, 0.1) is 10.6 Å². The Labute approximate surface area is 168 Å². The van der Waals surface area contributed by atoms with E-state index in [1.165, 1.54) is 22.7 Å². The van der Waals surface area contributed by atoms with Crippen molar-refractivity contribution in [3.63, 3.8) is 0 Å². The van der Waals surface area contributed by atoms with Gasteiger partial charge in [-0.15, -0.1) is 22.7 Å². The molecule has 1 atom stereocenters. The van der Waals surface area contributed by atoms with Crippen LogP contribution in [0, 0.1) is 0 Å². The van der Waals surface area contributed by atoms with Gasteiger partial charge in [0.1, 0.15) is 16.3 Å². The second-order valence-electron chi connectivity index (χ2n) is 5.74. The maximum atomic E-state index is 12.8. The van der Waals surface area contributed by atoms with E-state index in [1.54, 1.807) is 6.92 Å². The van der Waals surface area contributed by atoms with E-state index in [1.807, 2.05) is 22.9 Å². The molecule has 28 heavy (non-hydrogen) atoms. The van der Waals surface area contributed by atoms with Gasteiger partial charge >= 0.3 is 6.18 Å². The molecule has 0 aliphatic heterocycles. The molecule has 11 heteroatoms. The molecule has 0 amide bonds. The van der Waals surface area contributed by atoms with Gasteiger partial charge < -0.3 is 4.98 Å². The number of nitrogens with zero attached hydrogens (tertiary/aromatic N) is 3. The Bertz CT molecular complexity index is 1180. The van der Waals surface area contributed by atoms with Crippen LogP contribution in [0.2, 0.25) is 0 Å². The molecule has 0 aliphatic rings. The summed E-state index contributed by atoms with van der Waals surface area (Å²) >= 11 is 3.89. The van der Waals surface area contributed by atoms with Crippen molar-refractivity contribution in [2.45, 2.75) is 23.5 Å². The Hall–Kier alpha value is -2.24. The maximum absolute atomic E-state index is 12.8. The Morgan fingerprint density at radius 2 is 2.04 bits per heavy atom. The number of hydrogen-bond acceptors (Lipinski definition) is 7. The number of halogens is 3. The third-order valence-electron chi connectivity index (χ3n) is 3.84. The molecule has 0 aromatic carbocycles. The highest BCUT2D eigenvalue weighted by Gasteiger charge is 2.33. The van der Waals surface area contributed by atoms with Gasteiger partial charge in [-0.3, -0.25) is 4.79 Å². The topological polar surface area (TPSA) is 71.5 Å². The number of rotatable bonds is 4. The molecule has 4 rings (SSSR count). The van der Waals surface area contributed by atoms with E-state index in [0.29, 0.717) is 16.0 Å². The average molecular weight is 440 g/mol. The van der Waals surface area contributed by atoms with Crippen molar-refractivity contribution in [3.8, 4) is 10.4 Å². The van der Waals surface area contributed by atoms with Crippen LogP contribution in [0.25, 0.3) is 20.7 Å². The summed E-state index contributed by atoms with van der Waals surface area (Å²) in [6.45, 7) is 1.73. The predicted molar refractivity (Wildman–Crippen MR) is 105 cm³/mol. The molecular weight excluding hydrogens is 429 g/mol. The summed E-state index contributed by atoms with van der Waals surface area (Å²) in [5.74, 6) is 0.364. The molecule has 0 aliphatic carbocycles. The monoisotopic (exact) mass is 440 g/mol. The third kappa shape index (κ3) is 3.69. The summed E-state index contributed by atoms with van der Waals surface area (Å²) in [5.41, 5.74) is -0.452. The number of thioether (sulfide) groups is 1. The highest BCUT2D eigenvalue weighted by molar-refractivity contribution is 7.99. The van der Waals surface area contributed by atoms with Crippen LogP contribution in [0.3, 0.4) is 0 Å². The fraction of sp³-hybridized carbons (Fsp3) is 0.176. The Balaban J connectivity index is 1.66. The van der Waals surface area contributed by atoms with Crippen LogP contribution in [0.15, 0.2) is 45.1 Å². The molecule has 0 spiro atoms. The van der Waals surface area contributed by atoms with E-state index in [2.05, 4.69) is 19.9 Å². The molecule has 0 radical (unpaired) electrons. The van der Waals surface area contributed by atoms with E-state index in [-0.39, 0.29) is 10.7 Å². The maximum Gasteiger partial charge on any atom is 0.433 e. The van der Waals surface area contributed by atoms with Gasteiger partial charge in [-0.1, -0.05) is 17.8 Å². The summed E-state index contributed by atoms with van der Waals surface area (Å²) in [7, 11) is 0. The second kappa shape index (κ2) is 7.30. The summed E-state index contributed by atoms with van der Waals surface area (Å²) in [6, 6.07) is 4.66. The first-order valence-corrected chi connectivity index (χ1v) is 10.6. The minimum absolute atomic E-state index is 0.0319. The van der Waals surface area contributed by atoms with Crippen LogP contribution in [0.4, 0.5) is 13.2 Å². The Morgan fingerprint density at radius 3 is 2.75 bits per heavy atom. The van der Waals surface area contributed by atoms with Crippen molar-refractivity contribution in [3.05, 3.63) is 57.0 Å². The number of nitrogens with one attached hydrogen (secondary N) is 1. The van der Waals surface area contributed by atoms with Gasteiger partial charge in [-0.05, 0) is 24.4 Å². The first-order chi connectivity index (χ1) is 13.3. The summed E-state index contributed by atoms with van der Waals surface area (Å²) in [5, 5.41) is 3.87. The lowest BCUT2D eigenvalue weighted by Crippen LogP contribution is -2.13. The van der Waals surface area contributed by atoms with Crippen molar-refractivity contribution >= 4 is 44.7 Å². The lowest BCUT2D eigenvalue weighted by Gasteiger charge is -2.11. The first kappa shape index (κ1) is 19.1. The summed E-state index contributed by atoms with van der Waals surface area (Å²) in [6.07, 6.45) is -3.47. The number of thiophene rings is 2. The third-order valence-corrected chi connectivity index (χ3v) is 6.60. The second-order valence-corrected chi connectivity index (χ2v) is 8.85. The van der Waals surface area contributed by atoms with Gasteiger partial charge in [0.2, 0.25) is 0 Å². The van der Waals surface area contributed by atoms with Crippen molar-refractivity contribution in [1.29, 1.82) is 0 Å². The van der Waals surface area contributed by atoms with Crippen molar-refractivity contribution in [2.24, 2.45) is 0 Å². The molecule has 144 valence electrons. The number of hydrogen-bond donors (Lipinski definition) is 1. The molecule has 5 nitrogen and oxygen atoms in total. The smallest absolute Gasteiger partial charge is 0.309 e. The lowest BCUT2D eigenvalue weighted by molar-refractivity contribution is -0.141. The Kier molecular flexibility index (Phi) is 4.98. The molecule has 0 saturated carbocycles. The minimum Gasteiger partial charge on any atom is -0.309 e. The van der Waals surface area contributed by atoms with E-state index < -0.39 is 17.1 Å². The summed E-state index contributed by atoms with van der Waals surface area (Å²) < 4.78 is 38.5. The van der Waals surface area contributed by atoms with Gasteiger partial charge in [-0.2, -0.15) is 13.2 Å². The zero-order chi connectivity index (χ0) is 19.9. The van der Waals surface area contributed by atoms with Crippen LogP contribution in [0.1, 0.15) is 23.7 Å². The normalized spacial score (nSPS) is 13.1. The van der Waals surface area contributed by atoms with Crippen LogP contribution in [-0.4, -0.2) is 19.9 Å². The van der Waals surface area contributed by atoms with Gasteiger partial charge in [0.25, 0.3) is 5.56 Å². The number of alkyl halides is 3. The average Bonchev–Trinajstić information content (AvgIpc) is 3.30. The van der Waals surface area contributed by atoms with Crippen LogP contribution in [-0.2, 0) is 6.18 Å². The molecule has 4 heterocycles. The van der Waals surface area contributed by atoms with Crippen molar-refractivity contribution in [1.82, 2.24) is 19.9 Å². The fourth-order valence-corrected chi connectivity index (χ4v) is 5.12. The van der Waals surface area contributed by atoms with Gasteiger partial charge in [0, 0.05) is 22.0 Å². The highest BCUT2D eigenvalue weighted by atomic mass is 32.2. The standard InChI is InChI=1S/C17H11F3N4OS3/c1-8(28-16-21-5-4-11(22-16)17(18,19)20)13-23-14(25)12-9(7-27-15(12)24-13)10-3-2-6-26-10/h2-8H,1H3,(H,23,24,25). The van der Waals surface area contributed by atoms with Crippen molar-refractivity contribution < 1.29 is 13.2 Å². The quantitative estimate of drug-likeness (QED) is 0.341. The van der Waals surface area contributed by atoms with Crippen LogP contribution < -0.4 is 5.56 Å². The number of fused-ring (bicyclic) bond motifs is 1. The fourth-order valence-electron chi connectivity index (χ4n) is 2.54. The zero-order valence-corrected chi connectivity index (χ0v) is 16.6. The van der Waals surface area contributed by atoms with Gasteiger partial charge in [-0.25, -0.2) is 15.0 Å². The molecule has 1 N–H and O–H groups in total. The SMILES string of the molecule is CC(Sc1nccc(C(F)(F)F)n1)c1nc2scc(-c3cccs3)c2c(=O)[nH]1. The number of aromatic amines is 1. The molecule has 4 aromatic heterocycles. The predicted octanol–water partition coefficient (Wildman–Crippen LogP) is 5.38. The van der Waals surface area contributed by atoms with Crippen molar-refractivity contribution in [2.75, 3.05) is 0 Å². The van der Waals surface area contributed by atoms with E-state index >= 15 is 0 Å². The largest absolute Gasteiger partial charge is 0.433 e.